The fourth-order valence-electron chi connectivity index (χ4n) is 1.49. The fourth-order valence-corrected chi connectivity index (χ4v) is 1.65. The van der Waals surface area contributed by atoms with Gasteiger partial charge in [-0.3, -0.25) is 9.59 Å². The van der Waals surface area contributed by atoms with Crippen molar-refractivity contribution in [2.45, 2.75) is 0 Å². The van der Waals surface area contributed by atoms with Crippen LogP contribution in [0.3, 0.4) is 0 Å². The zero-order valence-electron chi connectivity index (χ0n) is 11.2. The summed E-state index contributed by atoms with van der Waals surface area (Å²) >= 11 is 4.93. The number of pyridine rings is 1. The summed E-state index contributed by atoms with van der Waals surface area (Å²) in [5.41, 5.74) is 6.08. The van der Waals surface area contributed by atoms with Gasteiger partial charge in [0.1, 0.15) is 23.9 Å². The Bertz CT molecular complexity index is 503. The maximum absolute atomic E-state index is 11.4. The van der Waals surface area contributed by atoms with Crippen molar-refractivity contribution >= 4 is 35.0 Å². The number of aromatic nitrogens is 1. The predicted molar refractivity (Wildman–Crippen MR) is 76.4 cm³/mol. The van der Waals surface area contributed by atoms with Gasteiger partial charge in [-0.25, -0.2) is 4.98 Å². The van der Waals surface area contributed by atoms with E-state index in [0.29, 0.717) is 11.4 Å². The first kappa shape index (κ1) is 15.8. The lowest BCUT2D eigenvalue weighted by Crippen LogP contribution is -2.37. The van der Waals surface area contributed by atoms with Crippen molar-refractivity contribution in [1.82, 2.24) is 4.98 Å². The maximum atomic E-state index is 11.4. The van der Waals surface area contributed by atoms with E-state index in [9.17, 15) is 9.59 Å². The van der Waals surface area contributed by atoms with Gasteiger partial charge < -0.3 is 20.1 Å². The molecule has 1 aromatic heterocycles. The van der Waals surface area contributed by atoms with Crippen LogP contribution in [0.25, 0.3) is 0 Å². The number of thiocarbonyl (C=S) groups is 1. The molecule has 0 atom stereocenters. The van der Waals surface area contributed by atoms with Gasteiger partial charge in [-0.15, -0.1) is 0 Å². The number of nitrogens with two attached hydrogens (primary N) is 1. The van der Waals surface area contributed by atoms with Crippen LogP contribution in [0.4, 0.5) is 5.82 Å². The number of esters is 2. The molecular weight excluding hydrogens is 282 g/mol. The molecule has 0 saturated carbocycles. The van der Waals surface area contributed by atoms with E-state index in [1.165, 1.54) is 25.3 Å². The van der Waals surface area contributed by atoms with Crippen LogP contribution in [0.2, 0.25) is 0 Å². The summed E-state index contributed by atoms with van der Waals surface area (Å²) in [5, 5.41) is 0. The van der Waals surface area contributed by atoms with Crippen LogP contribution in [-0.2, 0) is 19.1 Å². The molecule has 0 amide bonds. The van der Waals surface area contributed by atoms with Crippen LogP contribution in [0.1, 0.15) is 5.56 Å². The average Bonchev–Trinajstić information content (AvgIpc) is 2.46. The molecule has 108 valence electrons. The van der Waals surface area contributed by atoms with Gasteiger partial charge >= 0.3 is 11.9 Å². The Hall–Kier alpha value is -2.22. The van der Waals surface area contributed by atoms with Crippen molar-refractivity contribution in [3.8, 4) is 0 Å². The van der Waals surface area contributed by atoms with Crippen molar-refractivity contribution in [2.24, 2.45) is 5.73 Å². The number of methoxy groups -OCH3 is 2. The molecule has 0 aliphatic heterocycles. The lowest BCUT2D eigenvalue weighted by Gasteiger charge is -2.23. The van der Waals surface area contributed by atoms with E-state index >= 15 is 0 Å². The Labute approximate surface area is 121 Å². The van der Waals surface area contributed by atoms with Crippen LogP contribution in [-0.4, -0.2) is 49.2 Å². The minimum absolute atomic E-state index is 0.118. The molecule has 0 aliphatic carbocycles. The van der Waals surface area contributed by atoms with Gasteiger partial charge in [-0.05, 0) is 12.1 Å². The van der Waals surface area contributed by atoms with E-state index in [4.69, 9.17) is 18.0 Å². The zero-order valence-corrected chi connectivity index (χ0v) is 12.0. The lowest BCUT2D eigenvalue weighted by molar-refractivity contribution is -0.140. The van der Waals surface area contributed by atoms with E-state index in [-0.39, 0.29) is 18.1 Å². The third kappa shape index (κ3) is 4.16. The molecule has 1 aromatic rings. The number of rotatable bonds is 6. The average molecular weight is 297 g/mol. The summed E-state index contributed by atoms with van der Waals surface area (Å²) in [4.78, 5) is 28.5. The van der Waals surface area contributed by atoms with Gasteiger partial charge in [-0.1, -0.05) is 12.2 Å². The molecule has 0 bridgehead atoms. The van der Waals surface area contributed by atoms with Crippen LogP contribution in [0.15, 0.2) is 18.3 Å². The van der Waals surface area contributed by atoms with Crippen molar-refractivity contribution in [1.29, 1.82) is 0 Å². The molecule has 0 radical (unpaired) electrons. The van der Waals surface area contributed by atoms with Crippen LogP contribution in [0.5, 0.6) is 0 Å². The Kier molecular flexibility index (Phi) is 5.85. The topological polar surface area (TPSA) is 94.8 Å². The summed E-state index contributed by atoms with van der Waals surface area (Å²) in [5.74, 6) is -0.710. The Morgan fingerprint density at radius 1 is 1.30 bits per heavy atom. The van der Waals surface area contributed by atoms with Gasteiger partial charge in [0.2, 0.25) is 0 Å². The quantitative estimate of drug-likeness (QED) is 0.573. The highest BCUT2D eigenvalue weighted by atomic mass is 32.1. The first-order valence-electron chi connectivity index (χ1n) is 5.63. The van der Waals surface area contributed by atoms with Gasteiger partial charge in [-0.2, -0.15) is 0 Å². The van der Waals surface area contributed by atoms with Crippen LogP contribution < -0.4 is 10.6 Å². The molecule has 8 heteroatoms. The Morgan fingerprint density at radius 2 is 1.85 bits per heavy atom. The summed E-state index contributed by atoms with van der Waals surface area (Å²) < 4.78 is 9.19. The molecule has 1 rings (SSSR count). The standard InChI is InChI=1S/C12H15N3O4S/c1-18-9(16)6-15(7-10(17)19-2)12-8(11(13)20)4-3-5-14-12/h3-5H,6-7H2,1-2H3,(H2,13,20). The lowest BCUT2D eigenvalue weighted by atomic mass is 10.2. The second-order valence-corrected chi connectivity index (χ2v) is 4.19. The normalized spacial score (nSPS) is 9.70. The van der Waals surface area contributed by atoms with E-state index in [1.54, 1.807) is 12.1 Å². The summed E-state index contributed by atoms with van der Waals surface area (Å²) in [7, 11) is 2.51. The molecule has 0 spiro atoms. The van der Waals surface area contributed by atoms with Gasteiger partial charge in [0.25, 0.3) is 0 Å². The van der Waals surface area contributed by atoms with E-state index in [2.05, 4.69) is 14.5 Å². The summed E-state index contributed by atoms with van der Waals surface area (Å²) in [6.45, 7) is -0.337. The van der Waals surface area contributed by atoms with Crippen molar-refractivity contribution in [3.63, 3.8) is 0 Å². The SMILES string of the molecule is COC(=O)CN(CC(=O)OC)c1ncccc1C(N)=S. The molecule has 0 saturated heterocycles. The monoisotopic (exact) mass is 297 g/mol. The smallest absolute Gasteiger partial charge is 0.325 e. The van der Waals surface area contributed by atoms with Crippen LogP contribution >= 0.6 is 12.2 Å². The first-order valence-corrected chi connectivity index (χ1v) is 6.03. The van der Waals surface area contributed by atoms with E-state index < -0.39 is 11.9 Å². The molecule has 20 heavy (non-hydrogen) atoms. The second-order valence-electron chi connectivity index (χ2n) is 3.75. The van der Waals surface area contributed by atoms with Crippen LogP contribution in [0, 0.1) is 0 Å². The third-order valence-corrected chi connectivity index (χ3v) is 2.67. The van der Waals surface area contributed by atoms with Crippen molar-refractivity contribution in [3.05, 3.63) is 23.9 Å². The zero-order chi connectivity index (χ0) is 15.1. The van der Waals surface area contributed by atoms with E-state index in [0.717, 1.165) is 0 Å². The maximum Gasteiger partial charge on any atom is 0.325 e. The number of nitrogens with zero attached hydrogens (tertiary/aromatic N) is 2. The minimum atomic E-state index is -0.520. The van der Waals surface area contributed by atoms with Gasteiger partial charge in [0, 0.05) is 6.20 Å². The summed E-state index contributed by atoms with van der Waals surface area (Å²) in [6.07, 6.45) is 1.51. The highest BCUT2D eigenvalue weighted by molar-refractivity contribution is 7.80. The Morgan fingerprint density at radius 3 is 2.30 bits per heavy atom. The van der Waals surface area contributed by atoms with E-state index in [1.807, 2.05) is 0 Å². The summed E-state index contributed by atoms with van der Waals surface area (Å²) in [6, 6.07) is 3.32. The van der Waals surface area contributed by atoms with Gasteiger partial charge in [0.05, 0.1) is 19.8 Å². The first-order chi connectivity index (χ1) is 9.49. The number of anilines is 1. The third-order valence-electron chi connectivity index (χ3n) is 2.45. The second kappa shape index (κ2) is 7.39. The molecule has 2 N–H and O–H groups in total. The molecule has 0 fully saturated rings. The predicted octanol–water partition coefficient (Wildman–Crippen LogP) is -0.132. The van der Waals surface area contributed by atoms with Gasteiger partial charge in [0.15, 0.2) is 0 Å². The Balaban J connectivity index is 3.12. The van der Waals surface area contributed by atoms with Crippen molar-refractivity contribution in [2.75, 3.05) is 32.2 Å². The fraction of sp³-hybridized carbons (Fsp3) is 0.333. The number of ether oxygens (including phenoxy) is 2. The minimum Gasteiger partial charge on any atom is -0.468 e. The molecular formula is C12H15N3O4S. The number of carbonyl (C=O) groups excluding carboxylic acids is 2. The molecule has 0 unspecified atom stereocenters. The highest BCUT2D eigenvalue weighted by Crippen LogP contribution is 2.17. The van der Waals surface area contributed by atoms with Crippen molar-refractivity contribution < 1.29 is 19.1 Å². The number of hydrogen-bond acceptors (Lipinski definition) is 7. The largest absolute Gasteiger partial charge is 0.468 e. The molecule has 0 aliphatic rings. The molecule has 0 aromatic carbocycles. The highest BCUT2D eigenvalue weighted by Gasteiger charge is 2.20. The molecule has 1 heterocycles. The molecule has 7 nitrogen and oxygen atoms in total. The number of hydrogen-bond donors (Lipinski definition) is 1. The number of carbonyl (C=O) groups is 2.